The molecule has 0 atom stereocenters. The molecule has 2 aromatic rings. The van der Waals surface area contributed by atoms with Gasteiger partial charge in [-0.1, -0.05) is 0 Å². The van der Waals surface area contributed by atoms with Gasteiger partial charge in [-0.25, -0.2) is 23.1 Å². The van der Waals surface area contributed by atoms with E-state index in [1.807, 2.05) is 0 Å². The van der Waals surface area contributed by atoms with Crippen molar-refractivity contribution in [1.29, 1.82) is 0 Å². The predicted octanol–water partition coefficient (Wildman–Crippen LogP) is 2.81. The van der Waals surface area contributed by atoms with Crippen LogP contribution in [0.25, 0.3) is 11.4 Å². The highest BCUT2D eigenvalue weighted by Gasteiger charge is 2.20. The Kier molecular flexibility index (Phi) is 3.40. The zero-order valence-electron chi connectivity index (χ0n) is 10.5. The van der Waals surface area contributed by atoms with Gasteiger partial charge in [0.25, 0.3) is 0 Å². The van der Waals surface area contributed by atoms with Gasteiger partial charge in [0.05, 0.1) is 0 Å². The summed E-state index contributed by atoms with van der Waals surface area (Å²) in [7, 11) is 0. The van der Waals surface area contributed by atoms with Crippen molar-refractivity contribution in [3.05, 3.63) is 47.5 Å². The fourth-order valence-electron chi connectivity index (χ4n) is 1.83. The third-order valence-electron chi connectivity index (χ3n) is 3.12. The topological polar surface area (TPSA) is 37.8 Å². The van der Waals surface area contributed by atoms with Crippen LogP contribution in [0.3, 0.4) is 0 Å². The maximum Gasteiger partial charge on any atom is 0.194 e. The lowest BCUT2D eigenvalue weighted by Crippen LogP contribution is -2.15. The highest BCUT2D eigenvalue weighted by molar-refractivity contribution is 5.54. The molecule has 0 saturated heterocycles. The van der Waals surface area contributed by atoms with Gasteiger partial charge >= 0.3 is 0 Å². The van der Waals surface area contributed by atoms with Crippen LogP contribution in [0.15, 0.2) is 24.5 Å². The minimum Gasteiger partial charge on any atom is -0.310 e. The molecule has 3 nitrogen and oxygen atoms in total. The first-order valence-electron chi connectivity index (χ1n) is 6.32. The minimum atomic E-state index is -1.49. The number of rotatable bonds is 4. The van der Waals surface area contributed by atoms with Gasteiger partial charge in [-0.05, 0) is 25.0 Å². The lowest BCUT2D eigenvalue weighted by Gasteiger charge is -2.05. The van der Waals surface area contributed by atoms with Crippen LogP contribution in [-0.4, -0.2) is 16.0 Å². The third-order valence-corrected chi connectivity index (χ3v) is 3.12. The first-order valence-corrected chi connectivity index (χ1v) is 6.32. The molecule has 104 valence electrons. The number of hydrogen-bond donors (Lipinski definition) is 1. The zero-order chi connectivity index (χ0) is 14.1. The molecule has 1 fully saturated rings. The first kappa shape index (κ1) is 13.1. The molecule has 0 unspecified atom stereocenters. The average Bonchev–Trinajstić information content (AvgIpc) is 3.27. The van der Waals surface area contributed by atoms with Crippen LogP contribution in [0.4, 0.5) is 13.2 Å². The van der Waals surface area contributed by atoms with Crippen LogP contribution in [-0.2, 0) is 6.54 Å². The highest BCUT2D eigenvalue weighted by Crippen LogP contribution is 2.21. The second kappa shape index (κ2) is 5.20. The van der Waals surface area contributed by atoms with E-state index in [4.69, 9.17) is 0 Å². The van der Waals surface area contributed by atoms with E-state index in [2.05, 4.69) is 15.3 Å². The van der Waals surface area contributed by atoms with Gasteiger partial charge in [-0.2, -0.15) is 0 Å². The third kappa shape index (κ3) is 2.80. The number of benzene rings is 1. The normalized spacial score (nSPS) is 14.6. The van der Waals surface area contributed by atoms with E-state index in [0.717, 1.165) is 17.7 Å². The Morgan fingerprint density at radius 1 is 1.05 bits per heavy atom. The summed E-state index contributed by atoms with van der Waals surface area (Å²) in [4.78, 5) is 8.10. The molecule has 0 spiro atoms. The summed E-state index contributed by atoms with van der Waals surface area (Å²) >= 11 is 0. The predicted molar refractivity (Wildman–Crippen MR) is 67.2 cm³/mol. The van der Waals surface area contributed by atoms with Crippen molar-refractivity contribution in [2.75, 3.05) is 0 Å². The molecule has 1 aliphatic rings. The van der Waals surface area contributed by atoms with E-state index in [1.165, 1.54) is 12.8 Å². The molecule has 1 heterocycles. The summed E-state index contributed by atoms with van der Waals surface area (Å²) in [5, 5.41) is 3.31. The van der Waals surface area contributed by atoms with Crippen LogP contribution < -0.4 is 5.32 Å². The van der Waals surface area contributed by atoms with Gasteiger partial charge < -0.3 is 5.32 Å². The second-order valence-electron chi connectivity index (χ2n) is 4.82. The van der Waals surface area contributed by atoms with Crippen molar-refractivity contribution in [2.45, 2.75) is 25.4 Å². The lowest BCUT2D eigenvalue weighted by atomic mass is 10.2. The van der Waals surface area contributed by atoms with Crippen LogP contribution >= 0.6 is 0 Å². The Morgan fingerprint density at radius 2 is 1.65 bits per heavy atom. The Hall–Kier alpha value is -1.95. The van der Waals surface area contributed by atoms with Gasteiger partial charge in [0, 0.05) is 36.1 Å². The van der Waals surface area contributed by atoms with Gasteiger partial charge in [0.1, 0.15) is 0 Å². The van der Waals surface area contributed by atoms with E-state index in [9.17, 15) is 13.2 Å². The highest BCUT2D eigenvalue weighted by atomic mass is 19.2. The molecule has 1 saturated carbocycles. The summed E-state index contributed by atoms with van der Waals surface area (Å²) in [6.45, 7) is 0.664. The molecule has 0 amide bonds. The van der Waals surface area contributed by atoms with Crippen molar-refractivity contribution in [1.82, 2.24) is 15.3 Å². The molecule has 20 heavy (non-hydrogen) atoms. The van der Waals surface area contributed by atoms with Gasteiger partial charge in [-0.3, -0.25) is 0 Å². The minimum absolute atomic E-state index is 0.114. The number of aromatic nitrogens is 2. The number of hydrogen-bond acceptors (Lipinski definition) is 3. The molecule has 0 bridgehead atoms. The molecular weight excluding hydrogens is 267 g/mol. The van der Waals surface area contributed by atoms with Crippen molar-refractivity contribution in [2.24, 2.45) is 0 Å². The Morgan fingerprint density at radius 3 is 2.20 bits per heavy atom. The first-order chi connectivity index (χ1) is 9.63. The van der Waals surface area contributed by atoms with E-state index < -0.39 is 17.5 Å². The Bertz CT molecular complexity index is 601. The lowest BCUT2D eigenvalue weighted by molar-refractivity contribution is 0.447. The maximum atomic E-state index is 13.1. The summed E-state index contributed by atoms with van der Waals surface area (Å²) in [5.41, 5.74) is 1.01. The van der Waals surface area contributed by atoms with Crippen molar-refractivity contribution in [3.8, 4) is 11.4 Å². The molecule has 1 aromatic carbocycles. The maximum absolute atomic E-state index is 13.1. The van der Waals surface area contributed by atoms with E-state index in [1.54, 1.807) is 12.4 Å². The summed E-state index contributed by atoms with van der Waals surface area (Å²) in [6.07, 6.45) is 5.56. The van der Waals surface area contributed by atoms with Crippen molar-refractivity contribution in [3.63, 3.8) is 0 Å². The SMILES string of the molecule is Fc1cc(-c2ncc(CNC3CC3)cn2)cc(F)c1F. The molecule has 1 aliphatic carbocycles. The summed E-state index contributed by atoms with van der Waals surface area (Å²) < 4.78 is 39.2. The molecule has 0 aliphatic heterocycles. The van der Waals surface area contributed by atoms with Crippen molar-refractivity contribution < 1.29 is 13.2 Å². The van der Waals surface area contributed by atoms with E-state index >= 15 is 0 Å². The van der Waals surface area contributed by atoms with Crippen LogP contribution in [0.5, 0.6) is 0 Å². The van der Waals surface area contributed by atoms with Crippen LogP contribution in [0, 0.1) is 17.5 Å². The average molecular weight is 279 g/mol. The number of nitrogens with zero attached hydrogens (tertiary/aromatic N) is 2. The largest absolute Gasteiger partial charge is 0.310 e. The van der Waals surface area contributed by atoms with Gasteiger partial charge in [0.15, 0.2) is 23.3 Å². The summed E-state index contributed by atoms with van der Waals surface area (Å²) in [5.74, 6) is -3.82. The van der Waals surface area contributed by atoms with E-state index in [0.29, 0.717) is 12.6 Å². The monoisotopic (exact) mass is 279 g/mol. The Balaban J connectivity index is 1.79. The molecule has 1 N–H and O–H groups in total. The van der Waals surface area contributed by atoms with Gasteiger partial charge in [0.2, 0.25) is 0 Å². The van der Waals surface area contributed by atoms with E-state index in [-0.39, 0.29) is 11.4 Å². The smallest absolute Gasteiger partial charge is 0.194 e. The summed E-state index contributed by atoms with van der Waals surface area (Å²) in [6, 6.07) is 2.35. The molecular formula is C14H12F3N3. The van der Waals surface area contributed by atoms with Crippen molar-refractivity contribution >= 4 is 0 Å². The van der Waals surface area contributed by atoms with Gasteiger partial charge in [-0.15, -0.1) is 0 Å². The number of nitrogens with one attached hydrogen (secondary N) is 1. The second-order valence-corrected chi connectivity index (χ2v) is 4.82. The molecule has 3 rings (SSSR count). The zero-order valence-corrected chi connectivity index (χ0v) is 10.5. The Labute approximate surface area is 113 Å². The molecule has 0 radical (unpaired) electrons. The molecule has 1 aromatic heterocycles. The quantitative estimate of drug-likeness (QED) is 0.875. The fourth-order valence-corrected chi connectivity index (χ4v) is 1.83. The van der Waals surface area contributed by atoms with Crippen LogP contribution in [0.1, 0.15) is 18.4 Å². The standard InChI is InChI=1S/C14H12F3N3/c15-11-3-9(4-12(16)13(11)17)14-19-6-8(7-20-14)5-18-10-1-2-10/h3-4,6-7,10,18H,1-2,5H2. The molecule has 6 heteroatoms. The number of halogens is 3. The fraction of sp³-hybridized carbons (Fsp3) is 0.286. The van der Waals surface area contributed by atoms with Crippen LogP contribution in [0.2, 0.25) is 0 Å².